The number of morpholine rings is 1. The Kier molecular flexibility index (Phi) is 6.88. The van der Waals surface area contributed by atoms with E-state index in [1.54, 1.807) is 18.6 Å². The van der Waals surface area contributed by atoms with Gasteiger partial charge in [-0.05, 0) is 31.5 Å². The van der Waals surface area contributed by atoms with E-state index in [2.05, 4.69) is 15.6 Å². The first kappa shape index (κ1) is 21.3. The van der Waals surface area contributed by atoms with Crippen LogP contribution in [0.15, 0.2) is 43.0 Å². The van der Waals surface area contributed by atoms with Crippen molar-refractivity contribution in [1.82, 2.24) is 19.2 Å². The van der Waals surface area contributed by atoms with Crippen LogP contribution in [-0.4, -0.2) is 65.9 Å². The second kappa shape index (κ2) is 9.38. The van der Waals surface area contributed by atoms with Crippen molar-refractivity contribution >= 4 is 21.7 Å². The molecule has 1 aromatic heterocycles. The fourth-order valence-electron chi connectivity index (χ4n) is 3.29. The van der Waals surface area contributed by atoms with E-state index in [1.807, 2.05) is 42.8 Å². The quantitative estimate of drug-likeness (QED) is 0.705. The lowest BCUT2D eigenvalue weighted by atomic mass is 10.2. The van der Waals surface area contributed by atoms with Crippen molar-refractivity contribution in [3.05, 3.63) is 48.5 Å². The number of hydrogen-bond donors (Lipinski definition) is 2. The first-order valence-corrected chi connectivity index (χ1v) is 11.2. The monoisotopic (exact) mass is 421 g/mol. The van der Waals surface area contributed by atoms with E-state index < -0.39 is 16.1 Å². The lowest BCUT2D eigenvalue weighted by molar-refractivity contribution is -0.0440. The van der Waals surface area contributed by atoms with Gasteiger partial charge in [-0.25, -0.2) is 18.2 Å². The van der Waals surface area contributed by atoms with Crippen molar-refractivity contribution in [2.75, 3.05) is 30.7 Å². The lowest BCUT2D eigenvalue weighted by Gasteiger charge is -2.34. The molecule has 0 saturated carbocycles. The Morgan fingerprint density at radius 1 is 1.28 bits per heavy atom. The number of urea groups is 1. The molecule has 10 heteroatoms. The molecule has 2 heterocycles. The molecule has 0 spiro atoms. The molecule has 1 fully saturated rings. The molecule has 0 aliphatic carbocycles. The van der Waals surface area contributed by atoms with Gasteiger partial charge in [0.25, 0.3) is 0 Å². The maximum atomic E-state index is 12.5. The van der Waals surface area contributed by atoms with Crippen LogP contribution in [0.25, 0.3) is 0 Å². The Bertz CT molecular complexity index is 906. The summed E-state index contributed by atoms with van der Waals surface area (Å²) in [7, 11) is -3.45. The van der Waals surface area contributed by atoms with Crippen molar-refractivity contribution in [3.63, 3.8) is 0 Å². The van der Waals surface area contributed by atoms with E-state index in [-0.39, 0.29) is 24.5 Å². The second-order valence-corrected chi connectivity index (χ2v) is 9.30. The van der Waals surface area contributed by atoms with Crippen LogP contribution in [0.1, 0.15) is 19.4 Å². The minimum Gasteiger partial charge on any atom is -0.373 e. The van der Waals surface area contributed by atoms with Crippen LogP contribution >= 0.6 is 0 Å². The summed E-state index contributed by atoms with van der Waals surface area (Å²) >= 11 is 0. The molecule has 1 aliphatic rings. The second-order valence-electron chi connectivity index (χ2n) is 7.21. The van der Waals surface area contributed by atoms with Gasteiger partial charge in [0.15, 0.2) is 0 Å². The van der Waals surface area contributed by atoms with Gasteiger partial charge in [0.1, 0.15) is 0 Å². The molecule has 1 aromatic carbocycles. The summed E-state index contributed by atoms with van der Waals surface area (Å²) < 4.78 is 33.9. The number of nitrogens with one attached hydrogen (secondary N) is 2. The average Bonchev–Trinajstić information content (AvgIpc) is 3.14. The Labute approximate surface area is 171 Å². The Morgan fingerprint density at radius 3 is 2.72 bits per heavy atom. The van der Waals surface area contributed by atoms with Crippen LogP contribution < -0.4 is 10.6 Å². The fourth-order valence-corrected chi connectivity index (χ4v) is 4.79. The number of rotatable bonds is 7. The number of imidazole rings is 1. The van der Waals surface area contributed by atoms with Crippen LogP contribution in [0, 0.1) is 0 Å². The first-order valence-electron chi connectivity index (χ1n) is 9.54. The molecule has 2 amide bonds. The van der Waals surface area contributed by atoms with E-state index in [0.29, 0.717) is 25.3 Å². The molecule has 1 aliphatic heterocycles. The van der Waals surface area contributed by atoms with E-state index >= 15 is 0 Å². The van der Waals surface area contributed by atoms with Crippen molar-refractivity contribution in [2.45, 2.75) is 32.6 Å². The summed E-state index contributed by atoms with van der Waals surface area (Å²) in [5.41, 5.74) is 1.65. The minimum absolute atomic E-state index is 0.0308. The third-order valence-electron chi connectivity index (χ3n) is 4.53. The van der Waals surface area contributed by atoms with E-state index in [4.69, 9.17) is 4.74 Å². The molecule has 2 atom stereocenters. The normalized spacial score (nSPS) is 20.3. The Hall–Kier alpha value is -2.43. The predicted molar refractivity (Wildman–Crippen MR) is 110 cm³/mol. The van der Waals surface area contributed by atoms with Crippen LogP contribution in [0.5, 0.6) is 0 Å². The maximum Gasteiger partial charge on any atom is 0.319 e. The molecule has 0 unspecified atom stereocenters. The molecule has 2 aromatic rings. The zero-order valence-corrected chi connectivity index (χ0v) is 17.4. The number of amides is 2. The molecule has 0 radical (unpaired) electrons. The Morgan fingerprint density at radius 2 is 2.03 bits per heavy atom. The van der Waals surface area contributed by atoms with Gasteiger partial charge in [-0.2, -0.15) is 4.31 Å². The number of hydrogen-bond acceptors (Lipinski definition) is 5. The zero-order valence-electron chi connectivity index (χ0n) is 16.6. The SMILES string of the molecule is C[C@@H]1CN(S(=O)(=O)CCNC(=O)Nc2cccc(Cn3ccnc3)c2)C[C@H](C)O1. The summed E-state index contributed by atoms with van der Waals surface area (Å²) in [6.07, 6.45) is 5.02. The van der Waals surface area contributed by atoms with Crippen molar-refractivity contribution in [1.29, 1.82) is 0 Å². The Balaban J connectivity index is 1.47. The maximum absolute atomic E-state index is 12.5. The number of nitrogens with zero attached hydrogens (tertiary/aromatic N) is 3. The van der Waals surface area contributed by atoms with Crippen LogP contribution in [0.3, 0.4) is 0 Å². The number of carbonyl (C=O) groups is 1. The number of anilines is 1. The van der Waals surface area contributed by atoms with E-state index in [9.17, 15) is 13.2 Å². The highest BCUT2D eigenvalue weighted by Crippen LogP contribution is 2.15. The van der Waals surface area contributed by atoms with E-state index in [0.717, 1.165) is 5.56 Å². The first-order chi connectivity index (χ1) is 13.8. The topological polar surface area (TPSA) is 106 Å². The van der Waals surface area contributed by atoms with E-state index in [1.165, 1.54) is 4.31 Å². The molecular formula is C19H27N5O4S. The summed E-state index contributed by atoms with van der Waals surface area (Å²) in [5, 5.41) is 5.35. The summed E-state index contributed by atoms with van der Waals surface area (Å²) in [5.74, 6) is -0.152. The number of sulfonamides is 1. The van der Waals surface area contributed by atoms with Gasteiger partial charge in [0.2, 0.25) is 10.0 Å². The molecule has 1 saturated heterocycles. The minimum atomic E-state index is -3.45. The lowest BCUT2D eigenvalue weighted by Crippen LogP contribution is -2.49. The number of carbonyl (C=O) groups excluding carboxylic acids is 1. The highest BCUT2D eigenvalue weighted by atomic mass is 32.2. The van der Waals surface area contributed by atoms with Gasteiger partial charge >= 0.3 is 6.03 Å². The molecule has 29 heavy (non-hydrogen) atoms. The number of benzene rings is 1. The van der Waals surface area contributed by atoms with Gasteiger partial charge in [0.05, 0.1) is 24.3 Å². The third kappa shape index (κ3) is 6.28. The van der Waals surface area contributed by atoms with Crippen LogP contribution in [-0.2, 0) is 21.3 Å². The molecule has 2 N–H and O–H groups in total. The van der Waals surface area contributed by atoms with Crippen LogP contribution in [0.2, 0.25) is 0 Å². The molecule has 9 nitrogen and oxygen atoms in total. The largest absolute Gasteiger partial charge is 0.373 e. The number of aromatic nitrogens is 2. The standard InChI is InChI=1S/C19H27N5O4S/c1-15-11-24(12-16(2)28-15)29(26,27)9-7-21-19(25)22-18-5-3-4-17(10-18)13-23-8-6-20-14-23/h3-6,8,10,14-16H,7,9,11-13H2,1-2H3,(H2,21,22,25)/t15-,16+. The number of ether oxygens (including phenoxy) is 1. The van der Waals surface area contributed by atoms with Gasteiger partial charge < -0.3 is 19.9 Å². The smallest absolute Gasteiger partial charge is 0.319 e. The fraction of sp³-hybridized carbons (Fsp3) is 0.474. The molecule has 158 valence electrons. The predicted octanol–water partition coefficient (Wildman–Crippen LogP) is 1.49. The summed E-state index contributed by atoms with van der Waals surface area (Å²) in [4.78, 5) is 16.1. The average molecular weight is 422 g/mol. The van der Waals surface area contributed by atoms with Gasteiger partial charge in [0, 0.05) is 44.3 Å². The van der Waals surface area contributed by atoms with Crippen LogP contribution in [0.4, 0.5) is 10.5 Å². The highest BCUT2D eigenvalue weighted by Gasteiger charge is 2.30. The van der Waals surface area contributed by atoms with Gasteiger partial charge in [-0.15, -0.1) is 0 Å². The van der Waals surface area contributed by atoms with Crippen molar-refractivity contribution in [2.24, 2.45) is 0 Å². The van der Waals surface area contributed by atoms with Gasteiger partial charge in [-0.1, -0.05) is 12.1 Å². The zero-order chi connectivity index (χ0) is 20.9. The molecule has 0 bridgehead atoms. The summed E-state index contributed by atoms with van der Waals surface area (Å²) in [6.45, 7) is 5.05. The highest BCUT2D eigenvalue weighted by molar-refractivity contribution is 7.89. The molecule has 3 rings (SSSR count). The van der Waals surface area contributed by atoms with Gasteiger partial charge in [-0.3, -0.25) is 0 Å². The molecular weight excluding hydrogens is 394 g/mol. The summed E-state index contributed by atoms with van der Waals surface area (Å²) in [6, 6.07) is 7.02. The van der Waals surface area contributed by atoms with Crippen molar-refractivity contribution in [3.8, 4) is 0 Å². The van der Waals surface area contributed by atoms with Crippen molar-refractivity contribution < 1.29 is 17.9 Å². The third-order valence-corrected chi connectivity index (χ3v) is 6.34.